The standard InChI is InChI=1S/C26H23BrN4O2.ClH/c1-33-24-9-5-4-8-23(24)31-25-19-6-2-3-7-21(19)30-22-11-10-18(13-20(22)25)29-26(32)16-12-17(27)15-28-14-16;/h4-5,8-15H,2-3,6-7H2,1H3,(H,29,32)(H,30,31);1H. The molecule has 0 bridgehead atoms. The molecule has 0 saturated heterocycles. The van der Waals surface area contributed by atoms with E-state index in [0.29, 0.717) is 11.3 Å². The number of ether oxygens (including phenoxy) is 1. The molecular weight excluding hydrogens is 516 g/mol. The number of aromatic nitrogens is 2. The summed E-state index contributed by atoms with van der Waals surface area (Å²) in [6.07, 6.45) is 7.42. The fourth-order valence-electron chi connectivity index (χ4n) is 4.27. The average molecular weight is 540 g/mol. The van der Waals surface area contributed by atoms with E-state index < -0.39 is 0 Å². The number of anilines is 3. The number of nitrogens with one attached hydrogen (secondary N) is 2. The minimum absolute atomic E-state index is 0. The monoisotopic (exact) mass is 538 g/mol. The largest absolute Gasteiger partial charge is 0.495 e. The van der Waals surface area contributed by atoms with Crippen LogP contribution in [-0.2, 0) is 12.8 Å². The fourth-order valence-corrected chi connectivity index (χ4v) is 4.63. The molecule has 2 heterocycles. The van der Waals surface area contributed by atoms with Gasteiger partial charge in [-0.1, -0.05) is 12.1 Å². The molecule has 0 radical (unpaired) electrons. The van der Waals surface area contributed by atoms with Gasteiger partial charge in [-0.05, 0) is 83.6 Å². The number of nitrogens with zero attached hydrogens (tertiary/aromatic N) is 2. The molecule has 2 aromatic carbocycles. The Hall–Kier alpha value is -3.16. The molecule has 34 heavy (non-hydrogen) atoms. The number of hydrogen-bond acceptors (Lipinski definition) is 5. The molecule has 0 spiro atoms. The Bertz CT molecular complexity index is 1360. The highest BCUT2D eigenvalue weighted by molar-refractivity contribution is 9.10. The van der Waals surface area contributed by atoms with Crippen molar-refractivity contribution in [2.24, 2.45) is 0 Å². The van der Waals surface area contributed by atoms with Gasteiger partial charge in [0.1, 0.15) is 5.75 Å². The molecule has 174 valence electrons. The summed E-state index contributed by atoms with van der Waals surface area (Å²) in [5, 5.41) is 7.58. The Balaban J connectivity index is 0.00000274. The summed E-state index contributed by atoms with van der Waals surface area (Å²) in [5.41, 5.74) is 6.39. The van der Waals surface area contributed by atoms with Crippen molar-refractivity contribution in [2.45, 2.75) is 25.7 Å². The molecule has 4 aromatic rings. The van der Waals surface area contributed by atoms with Gasteiger partial charge in [-0.3, -0.25) is 14.8 Å². The Morgan fingerprint density at radius 2 is 1.88 bits per heavy atom. The zero-order chi connectivity index (χ0) is 22.8. The van der Waals surface area contributed by atoms with Crippen LogP contribution in [0.1, 0.15) is 34.5 Å². The molecule has 5 rings (SSSR count). The van der Waals surface area contributed by atoms with E-state index >= 15 is 0 Å². The van der Waals surface area contributed by atoms with Gasteiger partial charge in [-0.2, -0.15) is 0 Å². The van der Waals surface area contributed by atoms with Crippen molar-refractivity contribution >= 4 is 62.2 Å². The second-order valence-corrected chi connectivity index (χ2v) is 8.94. The van der Waals surface area contributed by atoms with Crippen LogP contribution in [0.5, 0.6) is 5.75 Å². The predicted octanol–water partition coefficient (Wildman–Crippen LogP) is 6.70. The Kier molecular flexibility index (Phi) is 7.34. The molecule has 8 heteroatoms. The van der Waals surface area contributed by atoms with Crippen molar-refractivity contribution in [3.8, 4) is 5.75 Å². The number of rotatable bonds is 5. The van der Waals surface area contributed by atoms with E-state index in [2.05, 4.69) is 31.5 Å². The summed E-state index contributed by atoms with van der Waals surface area (Å²) in [7, 11) is 1.67. The maximum atomic E-state index is 12.8. The lowest BCUT2D eigenvalue weighted by molar-refractivity contribution is 0.102. The van der Waals surface area contributed by atoms with E-state index in [9.17, 15) is 4.79 Å². The van der Waals surface area contributed by atoms with Crippen LogP contribution in [0, 0.1) is 0 Å². The SMILES string of the molecule is COc1ccccc1Nc1c2c(nc3ccc(NC(=O)c4cncc(Br)c4)cc13)CCCC2.Cl. The zero-order valence-electron chi connectivity index (χ0n) is 18.6. The van der Waals surface area contributed by atoms with Crippen molar-refractivity contribution in [1.82, 2.24) is 9.97 Å². The minimum Gasteiger partial charge on any atom is -0.495 e. The van der Waals surface area contributed by atoms with E-state index in [4.69, 9.17) is 9.72 Å². The molecule has 0 fully saturated rings. The van der Waals surface area contributed by atoms with E-state index in [-0.39, 0.29) is 18.3 Å². The summed E-state index contributed by atoms with van der Waals surface area (Å²) in [5.74, 6) is 0.562. The fraction of sp³-hybridized carbons (Fsp3) is 0.192. The molecule has 0 atom stereocenters. The lowest BCUT2D eigenvalue weighted by Crippen LogP contribution is -2.13. The molecule has 1 aliphatic carbocycles. The van der Waals surface area contributed by atoms with Crippen molar-refractivity contribution in [3.05, 3.63) is 82.2 Å². The highest BCUT2D eigenvalue weighted by Crippen LogP contribution is 2.38. The number of hydrogen-bond donors (Lipinski definition) is 2. The first-order valence-electron chi connectivity index (χ1n) is 10.9. The topological polar surface area (TPSA) is 76.1 Å². The van der Waals surface area contributed by atoms with Gasteiger partial charge in [0.2, 0.25) is 0 Å². The Morgan fingerprint density at radius 3 is 2.71 bits per heavy atom. The van der Waals surface area contributed by atoms with Crippen molar-refractivity contribution in [2.75, 3.05) is 17.7 Å². The summed E-state index contributed by atoms with van der Waals surface area (Å²) >= 11 is 3.37. The molecule has 2 aromatic heterocycles. The van der Waals surface area contributed by atoms with Crippen LogP contribution < -0.4 is 15.4 Å². The smallest absolute Gasteiger partial charge is 0.257 e. The van der Waals surface area contributed by atoms with Crippen LogP contribution in [0.4, 0.5) is 17.1 Å². The van der Waals surface area contributed by atoms with Crippen molar-refractivity contribution < 1.29 is 9.53 Å². The van der Waals surface area contributed by atoms with Gasteiger partial charge in [0, 0.05) is 33.6 Å². The van der Waals surface area contributed by atoms with Gasteiger partial charge in [0.05, 0.1) is 29.6 Å². The number of fused-ring (bicyclic) bond motifs is 2. The second-order valence-electron chi connectivity index (χ2n) is 8.02. The Labute approximate surface area is 212 Å². The molecule has 2 N–H and O–H groups in total. The van der Waals surface area contributed by atoms with Crippen LogP contribution in [0.3, 0.4) is 0 Å². The number of aryl methyl sites for hydroxylation is 1. The van der Waals surface area contributed by atoms with Crippen molar-refractivity contribution in [1.29, 1.82) is 0 Å². The first-order chi connectivity index (χ1) is 16.1. The van der Waals surface area contributed by atoms with E-state index in [0.717, 1.165) is 63.9 Å². The van der Waals surface area contributed by atoms with Crippen LogP contribution in [0.15, 0.2) is 65.4 Å². The second kappa shape index (κ2) is 10.4. The normalized spacial score (nSPS) is 12.4. The first-order valence-corrected chi connectivity index (χ1v) is 11.7. The van der Waals surface area contributed by atoms with Gasteiger partial charge < -0.3 is 15.4 Å². The maximum Gasteiger partial charge on any atom is 0.257 e. The number of halogens is 2. The lowest BCUT2D eigenvalue weighted by atomic mass is 9.92. The molecule has 0 unspecified atom stereocenters. The summed E-state index contributed by atoms with van der Waals surface area (Å²) in [6.45, 7) is 0. The molecule has 1 aliphatic rings. The van der Waals surface area contributed by atoms with E-state index in [1.54, 1.807) is 25.6 Å². The van der Waals surface area contributed by atoms with Gasteiger partial charge in [-0.25, -0.2) is 0 Å². The van der Waals surface area contributed by atoms with E-state index in [1.807, 2.05) is 42.5 Å². The summed E-state index contributed by atoms with van der Waals surface area (Å²) in [4.78, 5) is 21.8. The number of pyridine rings is 2. The summed E-state index contributed by atoms with van der Waals surface area (Å²) < 4.78 is 6.32. The summed E-state index contributed by atoms with van der Waals surface area (Å²) in [6, 6.07) is 15.5. The number of para-hydroxylation sites is 2. The van der Waals surface area contributed by atoms with Gasteiger partial charge in [-0.15, -0.1) is 12.4 Å². The average Bonchev–Trinajstić information content (AvgIpc) is 2.84. The lowest BCUT2D eigenvalue weighted by Gasteiger charge is -2.23. The van der Waals surface area contributed by atoms with Crippen LogP contribution >= 0.6 is 28.3 Å². The highest BCUT2D eigenvalue weighted by atomic mass is 79.9. The number of carbonyl (C=O) groups is 1. The number of carbonyl (C=O) groups excluding carboxylic acids is 1. The van der Waals surface area contributed by atoms with Gasteiger partial charge in [0.25, 0.3) is 5.91 Å². The van der Waals surface area contributed by atoms with E-state index in [1.165, 1.54) is 5.56 Å². The number of benzene rings is 2. The predicted molar refractivity (Wildman–Crippen MR) is 142 cm³/mol. The number of methoxy groups -OCH3 is 1. The molecule has 0 saturated carbocycles. The highest BCUT2D eigenvalue weighted by Gasteiger charge is 2.20. The third kappa shape index (κ3) is 4.86. The zero-order valence-corrected chi connectivity index (χ0v) is 21.0. The third-order valence-electron chi connectivity index (χ3n) is 5.85. The van der Waals surface area contributed by atoms with Crippen molar-refractivity contribution in [3.63, 3.8) is 0 Å². The van der Waals surface area contributed by atoms with Crippen LogP contribution in [-0.4, -0.2) is 23.0 Å². The molecule has 0 aliphatic heterocycles. The van der Waals surface area contributed by atoms with Gasteiger partial charge in [0.15, 0.2) is 0 Å². The third-order valence-corrected chi connectivity index (χ3v) is 6.29. The van der Waals surface area contributed by atoms with Crippen LogP contribution in [0.2, 0.25) is 0 Å². The quantitative estimate of drug-likeness (QED) is 0.295. The molecule has 1 amide bonds. The first kappa shape index (κ1) is 24.0. The molecule has 6 nitrogen and oxygen atoms in total. The Morgan fingerprint density at radius 1 is 1.06 bits per heavy atom. The molecular formula is C26H24BrClN4O2. The maximum absolute atomic E-state index is 12.8. The number of amides is 1. The van der Waals surface area contributed by atoms with Gasteiger partial charge >= 0.3 is 0 Å². The minimum atomic E-state index is -0.215. The van der Waals surface area contributed by atoms with Crippen LogP contribution in [0.25, 0.3) is 10.9 Å².